The first-order valence-electron chi connectivity index (χ1n) is 14.7. The van der Waals surface area contributed by atoms with Gasteiger partial charge in [0.1, 0.15) is 23.5 Å². The Kier molecular flexibility index (Phi) is 7.17. The number of aromatic nitrogens is 2. The van der Waals surface area contributed by atoms with Crippen molar-refractivity contribution >= 4 is 17.0 Å². The molecule has 1 saturated heterocycles. The summed E-state index contributed by atoms with van der Waals surface area (Å²) in [5.74, 6) is -1.42. The summed E-state index contributed by atoms with van der Waals surface area (Å²) >= 11 is 0. The van der Waals surface area contributed by atoms with E-state index in [0.29, 0.717) is 25.4 Å². The van der Waals surface area contributed by atoms with E-state index >= 15 is 4.39 Å². The van der Waals surface area contributed by atoms with Gasteiger partial charge in [-0.05, 0) is 60.9 Å². The molecule has 3 aliphatic heterocycles. The number of carbonyl (C=O) groups is 1. The van der Waals surface area contributed by atoms with Gasteiger partial charge in [-0.2, -0.15) is 5.26 Å². The number of para-hydroxylation sites is 1. The molecule has 0 bridgehead atoms. The van der Waals surface area contributed by atoms with Gasteiger partial charge in [0.05, 0.1) is 53.0 Å². The van der Waals surface area contributed by atoms with Gasteiger partial charge in [-0.25, -0.2) is 14.2 Å². The van der Waals surface area contributed by atoms with Gasteiger partial charge in [0.25, 0.3) is 0 Å². The number of benzene rings is 3. The van der Waals surface area contributed by atoms with Crippen LogP contribution in [-0.4, -0.2) is 51.3 Å². The lowest BCUT2D eigenvalue weighted by Gasteiger charge is -2.42. The average Bonchev–Trinajstić information content (AvgIpc) is 3.34. The second-order valence-corrected chi connectivity index (χ2v) is 11.6. The van der Waals surface area contributed by atoms with Crippen molar-refractivity contribution in [3.05, 3.63) is 106 Å². The first kappa shape index (κ1) is 28.2. The van der Waals surface area contributed by atoms with Crippen LogP contribution in [0.5, 0.6) is 5.75 Å². The summed E-state index contributed by atoms with van der Waals surface area (Å²) in [7, 11) is 0. The molecule has 0 spiro atoms. The summed E-state index contributed by atoms with van der Waals surface area (Å²) < 4.78 is 35.8. The molecule has 44 heavy (non-hydrogen) atoms. The number of hydrogen-bond donors (Lipinski definition) is 1. The lowest BCUT2D eigenvalue weighted by molar-refractivity contribution is -0.220. The summed E-state index contributed by atoms with van der Waals surface area (Å²) in [6, 6.07) is 19.0. The van der Waals surface area contributed by atoms with Gasteiger partial charge in [-0.1, -0.05) is 24.3 Å². The van der Waals surface area contributed by atoms with Crippen LogP contribution in [0.1, 0.15) is 58.7 Å². The molecule has 9 nitrogen and oxygen atoms in total. The highest BCUT2D eigenvalue weighted by Crippen LogP contribution is 2.47. The number of imidazole rings is 1. The largest absolute Gasteiger partial charge is 0.478 e. The van der Waals surface area contributed by atoms with Crippen molar-refractivity contribution in [3.8, 4) is 11.8 Å². The number of aromatic carboxylic acids is 1. The van der Waals surface area contributed by atoms with Crippen LogP contribution in [0, 0.1) is 17.1 Å². The zero-order chi connectivity index (χ0) is 30.4. The van der Waals surface area contributed by atoms with Gasteiger partial charge >= 0.3 is 5.97 Å². The summed E-state index contributed by atoms with van der Waals surface area (Å²) in [5.41, 5.74) is 4.22. The Morgan fingerprint density at radius 2 is 2.05 bits per heavy atom. The smallest absolute Gasteiger partial charge is 0.335 e. The molecule has 3 aliphatic rings. The fourth-order valence-corrected chi connectivity index (χ4v) is 6.23. The molecule has 4 aromatic rings. The molecule has 224 valence electrons. The predicted octanol–water partition coefficient (Wildman–Crippen LogP) is 5.69. The number of ether oxygens (including phenoxy) is 3. The van der Waals surface area contributed by atoms with Crippen molar-refractivity contribution in [2.45, 2.75) is 50.8 Å². The molecule has 3 atom stereocenters. The number of rotatable bonds is 7. The SMILES string of the molecule is CC1(c2ccc(C#N)cc2F)Oc2ccccc2C(C2=CCN(Cc3nc4ccc(C(=O)O)cc4n3C[C@@H]3CCO3)CC2)O1. The number of fused-ring (bicyclic) bond motifs is 2. The van der Waals surface area contributed by atoms with E-state index in [1.807, 2.05) is 30.3 Å². The highest BCUT2D eigenvalue weighted by atomic mass is 19.1. The molecule has 1 aromatic heterocycles. The minimum absolute atomic E-state index is 0.0912. The van der Waals surface area contributed by atoms with E-state index in [9.17, 15) is 15.2 Å². The van der Waals surface area contributed by atoms with E-state index in [-0.39, 0.29) is 22.8 Å². The topological polar surface area (TPSA) is 110 Å². The molecule has 0 amide bonds. The van der Waals surface area contributed by atoms with Crippen molar-refractivity contribution in [3.63, 3.8) is 0 Å². The van der Waals surface area contributed by atoms with Gasteiger partial charge < -0.3 is 23.9 Å². The molecule has 1 fully saturated rings. The van der Waals surface area contributed by atoms with Crippen molar-refractivity contribution in [2.75, 3.05) is 19.7 Å². The first-order valence-corrected chi connectivity index (χ1v) is 14.7. The zero-order valence-corrected chi connectivity index (χ0v) is 24.2. The van der Waals surface area contributed by atoms with Crippen molar-refractivity contribution in [1.82, 2.24) is 14.5 Å². The Hall–Kier alpha value is -4.56. The fraction of sp³-hybridized carbons (Fsp3) is 0.324. The number of nitriles is 1. The van der Waals surface area contributed by atoms with E-state index in [1.54, 1.807) is 37.3 Å². The fourth-order valence-electron chi connectivity index (χ4n) is 6.23. The summed E-state index contributed by atoms with van der Waals surface area (Å²) in [6.45, 7) is 5.07. The second kappa shape index (κ2) is 11.2. The van der Waals surface area contributed by atoms with E-state index in [0.717, 1.165) is 54.0 Å². The maximum absolute atomic E-state index is 15.2. The zero-order valence-electron chi connectivity index (χ0n) is 24.2. The van der Waals surface area contributed by atoms with Crippen molar-refractivity contribution in [2.24, 2.45) is 0 Å². The van der Waals surface area contributed by atoms with Crippen molar-refractivity contribution in [1.29, 1.82) is 5.26 Å². The molecule has 2 unspecified atom stereocenters. The standard InChI is InChI=1S/C34H31FN4O5/c1-34(26-8-6-21(18-36)16-27(26)35)43-30-5-3-2-4-25(30)32(44-34)22-10-13-38(14-11-22)20-31-37-28-9-7-23(33(40)41)17-29(28)39(31)19-24-12-15-42-24/h2-10,16-17,24,32H,11-15,19-20H2,1H3,(H,40,41)/t24-,32?,34?/m0/s1. The molecular weight excluding hydrogens is 563 g/mol. The van der Waals surface area contributed by atoms with Crippen LogP contribution in [-0.2, 0) is 28.4 Å². The number of carboxylic acid groups (broad SMARTS) is 1. The number of halogens is 1. The lowest BCUT2D eigenvalue weighted by atomic mass is 9.93. The van der Waals surface area contributed by atoms with Gasteiger partial charge in [-0.15, -0.1) is 0 Å². The molecule has 4 heterocycles. The Labute approximate surface area is 253 Å². The van der Waals surface area contributed by atoms with E-state index < -0.39 is 23.7 Å². The van der Waals surface area contributed by atoms with Crippen LogP contribution < -0.4 is 4.74 Å². The molecule has 0 aliphatic carbocycles. The summed E-state index contributed by atoms with van der Waals surface area (Å²) in [4.78, 5) is 18.8. The monoisotopic (exact) mass is 594 g/mol. The van der Waals surface area contributed by atoms with Crippen molar-refractivity contribution < 1.29 is 28.5 Å². The quantitative estimate of drug-likeness (QED) is 0.272. The molecule has 0 radical (unpaired) electrons. The highest BCUT2D eigenvalue weighted by Gasteiger charge is 2.43. The normalized spacial score (nSPS) is 23.2. The number of nitrogens with zero attached hydrogens (tertiary/aromatic N) is 4. The summed E-state index contributed by atoms with van der Waals surface area (Å²) in [6.07, 6.45) is 3.51. The third-order valence-electron chi connectivity index (χ3n) is 8.72. The first-order chi connectivity index (χ1) is 21.3. The van der Waals surface area contributed by atoms with Gasteiger partial charge in [0.15, 0.2) is 0 Å². The molecular formula is C34H31FN4O5. The van der Waals surface area contributed by atoms with Gasteiger partial charge in [0, 0.05) is 32.2 Å². The third kappa shape index (κ3) is 5.13. The van der Waals surface area contributed by atoms with Gasteiger partial charge in [0.2, 0.25) is 5.79 Å². The Balaban J connectivity index is 1.15. The molecule has 0 saturated carbocycles. The predicted molar refractivity (Wildman–Crippen MR) is 158 cm³/mol. The molecule has 3 aromatic carbocycles. The minimum Gasteiger partial charge on any atom is -0.478 e. The van der Waals surface area contributed by atoms with E-state index in [1.165, 1.54) is 6.07 Å². The highest BCUT2D eigenvalue weighted by molar-refractivity contribution is 5.92. The Morgan fingerprint density at radius 1 is 1.20 bits per heavy atom. The molecule has 7 rings (SSSR count). The Bertz CT molecular complexity index is 1840. The molecule has 10 heteroatoms. The number of hydrogen-bond acceptors (Lipinski definition) is 7. The maximum atomic E-state index is 15.2. The molecule has 1 N–H and O–H groups in total. The number of carboxylic acids is 1. The van der Waals surface area contributed by atoms with Crippen LogP contribution in [0.2, 0.25) is 0 Å². The van der Waals surface area contributed by atoms with Crippen LogP contribution in [0.25, 0.3) is 11.0 Å². The van der Waals surface area contributed by atoms with E-state index in [4.69, 9.17) is 19.2 Å². The minimum atomic E-state index is -1.39. The van der Waals surface area contributed by atoms with Gasteiger partial charge in [-0.3, -0.25) is 4.90 Å². The Morgan fingerprint density at radius 3 is 2.75 bits per heavy atom. The second-order valence-electron chi connectivity index (χ2n) is 11.6. The lowest BCUT2D eigenvalue weighted by Crippen LogP contribution is -2.40. The van der Waals surface area contributed by atoms with Crippen LogP contribution >= 0.6 is 0 Å². The third-order valence-corrected chi connectivity index (χ3v) is 8.72. The summed E-state index contributed by atoms with van der Waals surface area (Å²) in [5, 5.41) is 18.7. The van der Waals surface area contributed by atoms with Crippen LogP contribution in [0.3, 0.4) is 0 Å². The van der Waals surface area contributed by atoms with E-state index in [2.05, 4.69) is 15.5 Å². The van der Waals surface area contributed by atoms with Crippen LogP contribution in [0.15, 0.2) is 72.3 Å². The maximum Gasteiger partial charge on any atom is 0.335 e. The van der Waals surface area contributed by atoms with Crippen LogP contribution in [0.4, 0.5) is 4.39 Å². The average molecular weight is 595 g/mol.